The van der Waals surface area contributed by atoms with Gasteiger partial charge >= 0.3 is 6.18 Å². The maximum Gasteiger partial charge on any atom is 0.416 e. The summed E-state index contributed by atoms with van der Waals surface area (Å²) in [5, 5.41) is 1.83. The first-order chi connectivity index (χ1) is 9.04. The molecule has 2 N–H and O–H groups in total. The molecule has 3 rings (SSSR count). The summed E-state index contributed by atoms with van der Waals surface area (Å²) >= 11 is 0. The molecule has 0 saturated carbocycles. The highest BCUT2D eigenvalue weighted by atomic mass is 19.4. The van der Waals surface area contributed by atoms with E-state index in [9.17, 15) is 13.2 Å². The average molecular weight is 272 g/mol. The van der Waals surface area contributed by atoms with Gasteiger partial charge in [-0.1, -0.05) is 0 Å². The third-order valence-corrected chi connectivity index (χ3v) is 3.48. The Morgan fingerprint density at radius 2 is 1.89 bits per heavy atom. The van der Waals surface area contributed by atoms with E-state index in [0.29, 0.717) is 12.4 Å². The Balaban J connectivity index is 1.77. The van der Waals surface area contributed by atoms with Crippen molar-refractivity contribution in [3.63, 3.8) is 0 Å². The Morgan fingerprint density at radius 1 is 1.16 bits per heavy atom. The molecule has 0 amide bonds. The van der Waals surface area contributed by atoms with Gasteiger partial charge in [-0.2, -0.15) is 13.2 Å². The van der Waals surface area contributed by atoms with E-state index in [1.165, 1.54) is 18.9 Å². The lowest BCUT2D eigenvalue weighted by Crippen LogP contribution is -2.43. The first-order valence-corrected chi connectivity index (χ1v) is 6.27. The largest absolute Gasteiger partial charge is 0.416 e. The van der Waals surface area contributed by atoms with Gasteiger partial charge in [-0.3, -0.25) is 9.91 Å². The molecule has 2 aliphatic rings. The van der Waals surface area contributed by atoms with Crippen molar-refractivity contribution in [2.75, 3.05) is 30.2 Å². The molecule has 0 unspecified atom stereocenters. The van der Waals surface area contributed by atoms with Crippen LogP contribution < -0.4 is 16.0 Å². The molecule has 2 heterocycles. The number of anilines is 2. The Hall–Kier alpha value is -1.47. The molecule has 0 aromatic heterocycles. The molecule has 7 heteroatoms. The van der Waals surface area contributed by atoms with Crippen molar-refractivity contribution >= 4 is 11.4 Å². The number of alkyl halides is 3. The summed E-state index contributed by atoms with van der Waals surface area (Å²) in [6.45, 7) is 2.74. The molecular formula is C12H15F3N4. The minimum atomic E-state index is -4.31. The highest BCUT2D eigenvalue weighted by Gasteiger charge is 2.32. The summed E-state index contributed by atoms with van der Waals surface area (Å²) in [5.41, 5.74) is 6.27. The Bertz CT molecular complexity index is 469. The molecule has 1 saturated heterocycles. The predicted molar refractivity (Wildman–Crippen MR) is 66.4 cm³/mol. The second-order valence-corrected chi connectivity index (χ2v) is 4.86. The van der Waals surface area contributed by atoms with Crippen molar-refractivity contribution in [1.82, 2.24) is 10.4 Å². The number of hydrogen-bond acceptors (Lipinski definition) is 4. The second-order valence-electron chi connectivity index (χ2n) is 4.86. The van der Waals surface area contributed by atoms with Crippen LogP contribution in [0.25, 0.3) is 0 Å². The predicted octanol–water partition coefficient (Wildman–Crippen LogP) is 2.41. The van der Waals surface area contributed by atoms with Gasteiger partial charge in [0.15, 0.2) is 0 Å². The van der Waals surface area contributed by atoms with E-state index in [4.69, 9.17) is 0 Å². The molecule has 0 spiro atoms. The van der Waals surface area contributed by atoms with Crippen LogP contribution in [0.5, 0.6) is 0 Å². The number of likely N-dealkylation sites (tertiary alicyclic amines) is 1. The SMILES string of the molecule is FC(F)(F)c1ccc2c(c1)NNN2CN1CCCC1. The number of benzene rings is 1. The van der Waals surface area contributed by atoms with Crippen LogP contribution in [0.15, 0.2) is 18.2 Å². The standard InChI is InChI=1S/C12H15F3N4/c13-12(14,15)9-3-4-11-10(7-9)16-17-19(11)8-18-5-1-2-6-18/h3-4,7,16-17H,1-2,5-6,8H2. The molecule has 0 radical (unpaired) electrons. The van der Waals surface area contributed by atoms with Crippen molar-refractivity contribution in [1.29, 1.82) is 0 Å². The van der Waals surface area contributed by atoms with E-state index in [2.05, 4.69) is 15.9 Å². The number of nitrogens with zero attached hydrogens (tertiary/aromatic N) is 2. The van der Waals surface area contributed by atoms with E-state index >= 15 is 0 Å². The van der Waals surface area contributed by atoms with E-state index < -0.39 is 11.7 Å². The molecule has 1 fully saturated rings. The van der Waals surface area contributed by atoms with Crippen molar-refractivity contribution in [2.24, 2.45) is 0 Å². The first-order valence-electron chi connectivity index (χ1n) is 6.27. The Morgan fingerprint density at radius 3 is 2.58 bits per heavy atom. The molecule has 1 aromatic carbocycles. The summed E-state index contributed by atoms with van der Waals surface area (Å²) in [5.74, 6) is 0. The van der Waals surface area contributed by atoms with Gasteiger partial charge in [0.05, 0.1) is 23.6 Å². The van der Waals surface area contributed by atoms with Crippen LogP contribution in [0.3, 0.4) is 0 Å². The van der Waals surface area contributed by atoms with Crippen molar-refractivity contribution in [2.45, 2.75) is 19.0 Å². The van der Waals surface area contributed by atoms with Crippen molar-refractivity contribution < 1.29 is 13.2 Å². The fraction of sp³-hybridized carbons (Fsp3) is 0.500. The summed E-state index contributed by atoms with van der Waals surface area (Å²) in [4.78, 5) is 2.27. The molecule has 0 atom stereocenters. The van der Waals surface area contributed by atoms with Gasteiger partial charge in [0, 0.05) is 0 Å². The van der Waals surface area contributed by atoms with Gasteiger partial charge in [-0.15, -0.1) is 5.53 Å². The van der Waals surface area contributed by atoms with Gasteiger partial charge in [0.1, 0.15) is 0 Å². The fourth-order valence-electron chi connectivity index (χ4n) is 2.47. The van der Waals surface area contributed by atoms with E-state index in [1.54, 1.807) is 0 Å². The molecule has 0 aliphatic carbocycles. The maximum absolute atomic E-state index is 12.6. The van der Waals surface area contributed by atoms with Gasteiger partial charge in [0.25, 0.3) is 0 Å². The Labute approximate surface area is 109 Å². The molecule has 104 valence electrons. The van der Waals surface area contributed by atoms with Gasteiger partial charge < -0.3 is 5.43 Å². The van der Waals surface area contributed by atoms with E-state index in [0.717, 1.165) is 30.9 Å². The summed E-state index contributed by atoms with van der Waals surface area (Å²) in [6, 6.07) is 3.75. The monoisotopic (exact) mass is 272 g/mol. The zero-order chi connectivity index (χ0) is 13.5. The van der Waals surface area contributed by atoms with Crippen molar-refractivity contribution in [3.05, 3.63) is 23.8 Å². The van der Waals surface area contributed by atoms with Crippen LogP contribution in [-0.2, 0) is 6.18 Å². The van der Waals surface area contributed by atoms with Gasteiger partial charge in [-0.25, -0.2) is 0 Å². The van der Waals surface area contributed by atoms with Crippen LogP contribution >= 0.6 is 0 Å². The number of halogens is 3. The Kier molecular flexibility index (Phi) is 3.02. The molecule has 4 nitrogen and oxygen atoms in total. The lowest BCUT2D eigenvalue weighted by Gasteiger charge is -2.24. The smallest absolute Gasteiger partial charge is 0.302 e. The maximum atomic E-state index is 12.6. The van der Waals surface area contributed by atoms with Crippen LogP contribution in [0.2, 0.25) is 0 Å². The van der Waals surface area contributed by atoms with Gasteiger partial charge in [-0.05, 0) is 44.1 Å². The highest BCUT2D eigenvalue weighted by molar-refractivity contribution is 5.73. The van der Waals surface area contributed by atoms with E-state index in [-0.39, 0.29) is 0 Å². The third kappa shape index (κ3) is 2.48. The summed E-state index contributed by atoms with van der Waals surface area (Å²) < 4.78 is 37.8. The molecule has 1 aromatic rings. The lowest BCUT2D eigenvalue weighted by atomic mass is 10.1. The summed E-state index contributed by atoms with van der Waals surface area (Å²) in [7, 11) is 0. The minimum Gasteiger partial charge on any atom is -0.302 e. The topological polar surface area (TPSA) is 30.5 Å². The highest BCUT2D eigenvalue weighted by Crippen LogP contribution is 2.36. The zero-order valence-electron chi connectivity index (χ0n) is 10.3. The van der Waals surface area contributed by atoms with Crippen LogP contribution in [0.1, 0.15) is 18.4 Å². The zero-order valence-corrected chi connectivity index (χ0v) is 10.3. The quantitative estimate of drug-likeness (QED) is 0.865. The molecule has 19 heavy (non-hydrogen) atoms. The third-order valence-electron chi connectivity index (χ3n) is 3.48. The van der Waals surface area contributed by atoms with Crippen LogP contribution in [-0.4, -0.2) is 24.7 Å². The second kappa shape index (κ2) is 4.57. The van der Waals surface area contributed by atoms with Gasteiger partial charge in [0.2, 0.25) is 0 Å². The van der Waals surface area contributed by atoms with Crippen LogP contribution in [0, 0.1) is 0 Å². The average Bonchev–Trinajstić information content (AvgIpc) is 2.98. The van der Waals surface area contributed by atoms with Crippen LogP contribution in [0.4, 0.5) is 24.5 Å². The first kappa shape index (κ1) is 12.6. The normalized spacial score (nSPS) is 19.6. The number of nitrogens with one attached hydrogen (secondary N) is 2. The number of fused-ring (bicyclic) bond motifs is 1. The minimum absolute atomic E-state index is 0.467. The number of hydrazine groups is 2. The van der Waals surface area contributed by atoms with E-state index in [1.807, 2.05) is 5.01 Å². The molecule has 2 aliphatic heterocycles. The summed E-state index contributed by atoms with van der Waals surface area (Å²) in [6.07, 6.45) is -1.94. The molecular weight excluding hydrogens is 257 g/mol. The van der Waals surface area contributed by atoms with Crippen molar-refractivity contribution in [3.8, 4) is 0 Å². The lowest BCUT2D eigenvalue weighted by molar-refractivity contribution is -0.137. The number of rotatable bonds is 2. The fourth-order valence-corrected chi connectivity index (χ4v) is 2.47. The number of hydrogen-bond donors (Lipinski definition) is 2. The molecule has 0 bridgehead atoms.